The molecule has 1 amide bonds. The van der Waals surface area contributed by atoms with Gasteiger partial charge in [-0.2, -0.15) is 5.26 Å². The Hall–Kier alpha value is -4.00. The van der Waals surface area contributed by atoms with Gasteiger partial charge < -0.3 is 25.7 Å². The number of benzene rings is 1. The van der Waals surface area contributed by atoms with Crippen molar-refractivity contribution in [3.8, 4) is 17.7 Å². The van der Waals surface area contributed by atoms with Crippen LogP contribution < -0.4 is 20.9 Å². The third-order valence-corrected chi connectivity index (χ3v) is 4.22. The molecule has 0 aliphatic carbocycles. The lowest BCUT2D eigenvalue weighted by atomic mass is 9.83. The number of aromatic amines is 1. The van der Waals surface area contributed by atoms with Crippen molar-refractivity contribution < 1.29 is 23.8 Å². The molecule has 1 aliphatic heterocycles. The van der Waals surface area contributed by atoms with Crippen molar-refractivity contribution in [2.45, 2.75) is 19.3 Å². The zero-order valence-electron chi connectivity index (χ0n) is 15.6. The second-order valence-corrected chi connectivity index (χ2v) is 6.16. The zero-order chi connectivity index (χ0) is 21.0. The van der Waals surface area contributed by atoms with Crippen molar-refractivity contribution in [3.05, 3.63) is 52.5 Å². The van der Waals surface area contributed by atoms with E-state index in [4.69, 9.17) is 25.7 Å². The number of hydrogen-bond donors (Lipinski definition) is 3. The highest BCUT2D eigenvalue weighted by Gasteiger charge is 2.35. The Kier molecular flexibility index (Phi) is 5.69. The number of amides is 1. The molecule has 1 atom stereocenters. The highest BCUT2D eigenvalue weighted by molar-refractivity contribution is 5.75. The number of esters is 1. The van der Waals surface area contributed by atoms with E-state index in [-0.39, 0.29) is 37.0 Å². The van der Waals surface area contributed by atoms with Crippen molar-refractivity contribution in [2.24, 2.45) is 11.5 Å². The lowest BCUT2D eigenvalue weighted by Crippen LogP contribution is -2.22. The molecule has 2 heterocycles. The molecule has 5 N–H and O–H groups in total. The van der Waals surface area contributed by atoms with Gasteiger partial charge in [-0.15, -0.1) is 5.10 Å². The van der Waals surface area contributed by atoms with Gasteiger partial charge in [0.1, 0.15) is 17.4 Å². The highest BCUT2D eigenvalue weighted by Crippen LogP contribution is 2.43. The number of hydrogen-bond acceptors (Lipinski definition) is 8. The number of allylic oxidation sites excluding steroid dienone is 1. The number of nitriles is 1. The maximum Gasteiger partial charge on any atom is 0.311 e. The molecule has 1 aliphatic rings. The molecule has 0 radical (unpaired) electrons. The average Bonchev–Trinajstić information content (AvgIpc) is 3.07. The summed E-state index contributed by atoms with van der Waals surface area (Å²) in [5.41, 5.74) is 12.8. The van der Waals surface area contributed by atoms with Crippen molar-refractivity contribution in [3.63, 3.8) is 0 Å². The third kappa shape index (κ3) is 4.14. The first kappa shape index (κ1) is 19.8. The number of nitrogens with two attached hydrogens (primary N) is 2. The Balaban J connectivity index is 2.05. The van der Waals surface area contributed by atoms with E-state index >= 15 is 0 Å². The van der Waals surface area contributed by atoms with Gasteiger partial charge in [0.2, 0.25) is 11.8 Å². The number of carbonyl (C=O) groups excluding carboxylic acids is 2. The largest absolute Gasteiger partial charge is 0.484 e. The minimum atomic E-state index is -0.649. The van der Waals surface area contributed by atoms with Crippen LogP contribution in [0.15, 0.2) is 35.7 Å². The van der Waals surface area contributed by atoms with Crippen LogP contribution in [0.25, 0.3) is 0 Å². The Morgan fingerprint density at radius 1 is 1.41 bits per heavy atom. The molecule has 0 spiro atoms. The molecule has 2 aromatic rings. The number of carbonyl (C=O) groups is 2. The molecular weight excluding hydrogens is 378 g/mol. The van der Waals surface area contributed by atoms with Crippen LogP contribution in [0, 0.1) is 11.3 Å². The maximum absolute atomic E-state index is 12.0. The summed E-state index contributed by atoms with van der Waals surface area (Å²) in [6.45, 7) is 1.66. The molecule has 1 aromatic heterocycles. The first-order valence-corrected chi connectivity index (χ1v) is 8.76. The normalized spacial score (nSPS) is 15.1. The zero-order valence-corrected chi connectivity index (χ0v) is 15.6. The minimum absolute atomic E-state index is 0.0769. The number of nitrogens with zero attached hydrogens (tertiary/aromatic N) is 2. The number of aromatic nitrogens is 2. The molecule has 1 aromatic carbocycles. The number of rotatable bonds is 7. The number of ether oxygens (including phenoxy) is 3. The van der Waals surface area contributed by atoms with Crippen molar-refractivity contribution in [1.29, 1.82) is 5.26 Å². The van der Waals surface area contributed by atoms with E-state index in [1.54, 1.807) is 31.2 Å². The summed E-state index contributed by atoms with van der Waals surface area (Å²) in [5.74, 6) is -1.23. The van der Waals surface area contributed by atoms with E-state index in [1.165, 1.54) is 0 Å². The summed E-state index contributed by atoms with van der Waals surface area (Å²) in [6, 6.07) is 8.85. The Labute approximate surface area is 166 Å². The maximum atomic E-state index is 12.0. The summed E-state index contributed by atoms with van der Waals surface area (Å²) >= 11 is 0. The summed E-state index contributed by atoms with van der Waals surface area (Å²) in [6.07, 6.45) is -0.0769. The number of nitrogens with one attached hydrogen (secondary N) is 1. The van der Waals surface area contributed by atoms with Gasteiger partial charge in [-0.3, -0.25) is 14.7 Å². The topological polar surface area (TPSA) is 166 Å². The van der Waals surface area contributed by atoms with Crippen LogP contribution in [0.4, 0.5) is 0 Å². The molecular formula is C19H19N5O5. The lowest BCUT2D eigenvalue weighted by molar-refractivity contribution is -0.142. The van der Waals surface area contributed by atoms with E-state index < -0.39 is 17.8 Å². The van der Waals surface area contributed by atoms with Gasteiger partial charge in [0.15, 0.2) is 6.61 Å². The van der Waals surface area contributed by atoms with E-state index in [0.717, 1.165) is 0 Å². The fourth-order valence-electron chi connectivity index (χ4n) is 3.07. The number of primary amides is 1. The molecule has 150 valence electrons. The predicted molar refractivity (Wildman–Crippen MR) is 99.4 cm³/mol. The van der Waals surface area contributed by atoms with E-state index in [9.17, 15) is 14.9 Å². The van der Waals surface area contributed by atoms with Crippen LogP contribution in [-0.2, 0) is 20.7 Å². The van der Waals surface area contributed by atoms with Crippen molar-refractivity contribution >= 4 is 11.9 Å². The quantitative estimate of drug-likeness (QED) is 0.571. The lowest BCUT2D eigenvalue weighted by Gasteiger charge is -2.24. The van der Waals surface area contributed by atoms with Crippen LogP contribution in [0.2, 0.25) is 0 Å². The Morgan fingerprint density at radius 2 is 2.21 bits per heavy atom. The van der Waals surface area contributed by atoms with Crippen molar-refractivity contribution in [1.82, 2.24) is 10.2 Å². The van der Waals surface area contributed by atoms with Gasteiger partial charge in [-0.1, -0.05) is 12.1 Å². The van der Waals surface area contributed by atoms with Gasteiger partial charge in [0.25, 0.3) is 5.91 Å². The molecule has 3 rings (SSSR count). The molecule has 0 saturated heterocycles. The fraction of sp³-hybridized carbons (Fsp3) is 0.263. The van der Waals surface area contributed by atoms with E-state index in [0.29, 0.717) is 22.6 Å². The molecule has 1 unspecified atom stereocenters. The minimum Gasteiger partial charge on any atom is -0.484 e. The number of fused-ring (bicyclic) bond motifs is 1. The molecule has 10 heteroatoms. The first-order valence-electron chi connectivity index (χ1n) is 8.76. The average molecular weight is 397 g/mol. The standard InChI is InChI=1S/C19H19N5O5/c1-2-27-15(26)7-13-17-16(12(8-20)18(22)29-19(17)24-23-13)10-4-3-5-11(6-10)28-9-14(21)25/h3-6,16H,2,7,9,22H2,1H3,(H2,21,25)(H,23,24). The molecule has 29 heavy (non-hydrogen) atoms. The van der Waals surface area contributed by atoms with Gasteiger partial charge in [-0.05, 0) is 24.6 Å². The first-order chi connectivity index (χ1) is 13.9. The highest BCUT2D eigenvalue weighted by atomic mass is 16.5. The van der Waals surface area contributed by atoms with Crippen LogP contribution in [-0.4, -0.2) is 35.3 Å². The van der Waals surface area contributed by atoms with Crippen LogP contribution >= 0.6 is 0 Å². The smallest absolute Gasteiger partial charge is 0.311 e. The van der Waals surface area contributed by atoms with Crippen molar-refractivity contribution in [2.75, 3.05) is 13.2 Å². The molecule has 0 bridgehead atoms. The number of H-pyrrole nitrogens is 1. The predicted octanol–water partition coefficient (Wildman–Crippen LogP) is 0.598. The van der Waals surface area contributed by atoms with E-state index in [2.05, 4.69) is 16.3 Å². The third-order valence-electron chi connectivity index (χ3n) is 4.22. The summed E-state index contributed by atoms with van der Waals surface area (Å²) < 4.78 is 15.8. The second kappa shape index (κ2) is 8.35. The van der Waals surface area contributed by atoms with Crippen LogP contribution in [0.1, 0.15) is 29.7 Å². The SMILES string of the molecule is CCOC(=O)Cc1[nH]nc2c1C(c1cccc(OCC(N)=O)c1)C(C#N)=C(N)O2. The Bertz CT molecular complexity index is 1020. The summed E-state index contributed by atoms with van der Waals surface area (Å²) in [5, 5.41) is 16.5. The summed E-state index contributed by atoms with van der Waals surface area (Å²) in [4.78, 5) is 23.0. The summed E-state index contributed by atoms with van der Waals surface area (Å²) in [7, 11) is 0. The van der Waals surface area contributed by atoms with Crippen LogP contribution in [0.3, 0.4) is 0 Å². The fourth-order valence-corrected chi connectivity index (χ4v) is 3.07. The monoisotopic (exact) mass is 397 g/mol. The van der Waals surface area contributed by atoms with E-state index in [1.807, 2.05) is 0 Å². The molecule has 0 fully saturated rings. The Morgan fingerprint density at radius 3 is 2.90 bits per heavy atom. The molecule has 10 nitrogen and oxygen atoms in total. The van der Waals surface area contributed by atoms with Gasteiger partial charge >= 0.3 is 5.97 Å². The second-order valence-electron chi connectivity index (χ2n) is 6.16. The van der Waals surface area contributed by atoms with Crippen LogP contribution in [0.5, 0.6) is 11.6 Å². The van der Waals surface area contributed by atoms with Gasteiger partial charge in [0.05, 0.1) is 30.2 Å². The van der Waals surface area contributed by atoms with Gasteiger partial charge in [-0.25, -0.2) is 0 Å². The van der Waals surface area contributed by atoms with Gasteiger partial charge in [0, 0.05) is 0 Å². The molecule has 0 saturated carbocycles.